The Morgan fingerprint density at radius 3 is 2.25 bits per heavy atom. The van der Waals surface area contributed by atoms with Gasteiger partial charge in [-0.15, -0.1) is 0 Å². The zero-order valence-corrected chi connectivity index (χ0v) is 24.2. The third kappa shape index (κ3) is 8.35. The summed E-state index contributed by atoms with van der Waals surface area (Å²) in [5, 5.41) is 0. The van der Waals surface area contributed by atoms with Crippen molar-refractivity contribution < 1.29 is 9.53 Å². The molecule has 0 N–H and O–H groups in total. The molecular weight excluding hydrogens is 440 g/mol. The molecule has 2 nitrogen and oxygen atoms in total. The SMILES string of the molecule is CCCCCCCC(=O)Oc1ccc(C(C)C2CCC(C3(CCCCC)CCCCC3)CC2)c(C)c1. The summed E-state index contributed by atoms with van der Waals surface area (Å²) in [6.07, 6.45) is 25.1. The fraction of sp³-hybridized carbons (Fsp3) is 0.794. The highest BCUT2D eigenvalue weighted by Gasteiger charge is 2.41. The van der Waals surface area contributed by atoms with Gasteiger partial charge in [0.1, 0.15) is 5.75 Å². The van der Waals surface area contributed by atoms with Gasteiger partial charge >= 0.3 is 5.97 Å². The molecule has 0 bridgehead atoms. The molecule has 36 heavy (non-hydrogen) atoms. The summed E-state index contributed by atoms with van der Waals surface area (Å²) in [5.41, 5.74) is 3.40. The second-order valence-corrected chi connectivity index (χ2v) is 12.4. The van der Waals surface area contributed by atoms with Gasteiger partial charge in [-0.05, 0) is 105 Å². The third-order valence-corrected chi connectivity index (χ3v) is 9.92. The average molecular weight is 497 g/mol. The predicted octanol–water partition coefficient (Wildman–Crippen LogP) is 10.7. The van der Waals surface area contributed by atoms with Crippen LogP contribution in [0.5, 0.6) is 5.75 Å². The predicted molar refractivity (Wildman–Crippen MR) is 154 cm³/mol. The van der Waals surface area contributed by atoms with E-state index in [-0.39, 0.29) is 5.97 Å². The molecule has 2 saturated carbocycles. The van der Waals surface area contributed by atoms with Crippen molar-refractivity contribution in [3.63, 3.8) is 0 Å². The van der Waals surface area contributed by atoms with E-state index in [9.17, 15) is 4.79 Å². The van der Waals surface area contributed by atoms with Gasteiger partial charge in [-0.3, -0.25) is 4.79 Å². The molecule has 1 atom stereocenters. The molecule has 2 heteroatoms. The molecule has 0 aliphatic heterocycles. The third-order valence-electron chi connectivity index (χ3n) is 9.92. The van der Waals surface area contributed by atoms with Gasteiger partial charge in [0.25, 0.3) is 0 Å². The van der Waals surface area contributed by atoms with Crippen molar-refractivity contribution in [3.8, 4) is 5.75 Å². The molecule has 2 aliphatic carbocycles. The molecule has 0 heterocycles. The number of esters is 1. The summed E-state index contributed by atoms with van der Waals surface area (Å²) in [7, 11) is 0. The monoisotopic (exact) mass is 496 g/mol. The van der Waals surface area contributed by atoms with Crippen LogP contribution in [-0.4, -0.2) is 5.97 Å². The molecule has 0 spiro atoms. The highest BCUT2D eigenvalue weighted by molar-refractivity contribution is 5.72. The van der Waals surface area contributed by atoms with Crippen molar-refractivity contribution in [2.75, 3.05) is 0 Å². The molecule has 0 aromatic heterocycles. The van der Waals surface area contributed by atoms with Crippen LogP contribution in [0.3, 0.4) is 0 Å². The largest absolute Gasteiger partial charge is 0.427 e. The van der Waals surface area contributed by atoms with Crippen LogP contribution in [0.4, 0.5) is 0 Å². The van der Waals surface area contributed by atoms with Gasteiger partial charge in [-0.2, -0.15) is 0 Å². The molecule has 0 amide bonds. The number of ether oxygens (including phenoxy) is 1. The maximum atomic E-state index is 12.3. The van der Waals surface area contributed by atoms with Crippen LogP contribution in [0.15, 0.2) is 18.2 Å². The molecule has 204 valence electrons. The Balaban J connectivity index is 1.51. The van der Waals surface area contributed by atoms with Crippen LogP contribution in [0.1, 0.15) is 160 Å². The van der Waals surface area contributed by atoms with Crippen molar-refractivity contribution in [2.45, 2.75) is 156 Å². The first-order valence-corrected chi connectivity index (χ1v) is 15.8. The molecular formula is C34H56O2. The van der Waals surface area contributed by atoms with Gasteiger partial charge in [-0.1, -0.05) is 91.0 Å². The Bertz CT molecular complexity index is 767. The maximum absolute atomic E-state index is 12.3. The van der Waals surface area contributed by atoms with Crippen LogP contribution in [0.2, 0.25) is 0 Å². The highest BCUT2D eigenvalue weighted by atomic mass is 16.5. The number of rotatable bonds is 14. The molecule has 1 aromatic carbocycles. The van der Waals surface area contributed by atoms with E-state index in [1.807, 2.05) is 6.07 Å². The van der Waals surface area contributed by atoms with E-state index in [1.165, 1.54) is 114 Å². The number of hydrogen-bond donors (Lipinski definition) is 0. The van der Waals surface area contributed by atoms with Crippen LogP contribution in [0, 0.1) is 24.2 Å². The van der Waals surface area contributed by atoms with Crippen molar-refractivity contribution in [1.82, 2.24) is 0 Å². The highest BCUT2D eigenvalue weighted by Crippen LogP contribution is 2.53. The summed E-state index contributed by atoms with van der Waals surface area (Å²) in [6.45, 7) is 9.19. The van der Waals surface area contributed by atoms with E-state index in [2.05, 4.69) is 39.8 Å². The zero-order valence-electron chi connectivity index (χ0n) is 24.2. The first-order chi connectivity index (χ1) is 17.5. The minimum absolute atomic E-state index is 0.0828. The smallest absolute Gasteiger partial charge is 0.311 e. The van der Waals surface area contributed by atoms with Crippen LogP contribution >= 0.6 is 0 Å². The van der Waals surface area contributed by atoms with E-state index in [4.69, 9.17) is 4.74 Å². The Morgan fingerprint density at radius 1 is 0.917 bits per heavy atom. The van der Waals surface area contributed by atoms with Gasteiger partial charge in [-0.25, -0.2) is 0 Å². The fourth-order valence-corrected chi connectivity index (χ4v) is 7.61. The Kier molecular flexibility index (Phi) is 12.3. The van der Waals surface area contributed by atoms with Gasteiger partial charge in [0, 0.05) is 6.42 Å². The van der Waals surface area contributed by atoms with E-state index < -0.39 is 0 Å². The fourth-order valence-electron chi connectivity index (χ4n) is 7.61. The lowest BCUT2D eigenvalue weighted by Crippen LogP contribution is -2.36. The van der Waals surface area contributed by atoms with Crippen LogP contribution < -0.4 is 4.74 Å². The summed E-state index contributed by atoms with van der Waals surface area (Å²) >= 11 is 0. The number of carbonyl (C=O) groups is 1. The Labute approximate surface area is 223 Å². The van der Waals surface area contributed by atoms with E-state index >= 15 is 0 Å². The number of unbranched alkanes of at least 4 members (excludes halogenated alkanes) is 6. The standard InChI is InChI=1S/C34H56O2/c1-5-7-9-10-12-16-33(35)36-31-21-22-32(27(3)26-31)28(4)29-17-19-30(20-18-29)34(23-13-8-6-2)24-14-11-15-25-34/h21-22,26,28-30H,5-20,23-25H2,1-4H3. The molecule has 2 fully saturated rings. The zero-order chi connectivity index (χ0) is 25.8. The van der Waals surface area contributed by atoms with E-state index in [1.54, 1.807) is 0 Å². The lowest BCUT2D eigenvalue weighted by Gasteiger charge is -2.47. The minimum atomic E-state index is -0.0828. The van der Waals surface area contributed by atoms with E-state index in [0.717, 1.165) is 30.4 Å². The van der Waals surface area contributed by atoms with Gasteiger partial charge in [0.15, 0.2) is 0 Å². The summed E-state index contributed by atoms with van der Waals surface area (Å²) < 4.78 is 5.68. The molecule has 0 saturated heterocycles. The molecule has 1 unspecified atom stereocenters. The topological polar surface area (TPSA) is 26.3 Å². The summed E-state index contributed by atoms with van der Waals surface area (Å²) in [5.74, 6) is 2.96. The quantitative estimate of drug-likeness (QED) is 0.145. The maximum Gasteiger partial charge on any atom is 0.311 e. The Hall–Kier alpha value is -1.31. The molecule has 3 rings (SSSR count). The first-order valence-electron chi connectivity index (χ1n) is 15.8. The number of hydrogen-bond acceptors (Lipinski definition) is 2. The van der Waals surface area contributed by atoms with E-state index in [0.29, 0.717) is 17.8 Å². The van der Waals surface area contributed by atoms with Crippen molar-refractivity contribution in [2.24, 2.45) is 17.3 Å². The first kappa shape index (κ1) is 29.2. The lowest BCUT2D eigenvalue weighted by molar-refractivity contribution is -0.134. The number of aryl methyl sites for hydroxylation is 1. The molecule has 0 radical (unpaired) electrons. The number of carbonyl (C=O) groups excluding carboxylic acids is 1. The second kappa shape index (κ2) is 15.2. The lowest BCUT2D eigenvalue weighted by atomic mass is 9.58. The number of benzene rings is 1. The normalized spacial score (nSPS) is 22.8. The van der Waals surface area contributed by atoms with Gasteiger partial charge < -0.3 is 4.74 Å². The van der Waals surface area contributed by atoms with Crippen molar-refractivity contribution in [3.05, 3.63) is 29.3 Å². The summed E-state index contributed by atoms with van der Waals surface area (Å²) in [4.78, 5) is 12.3. The Morgan fingerprint density at radius 2 is 1.58 bits per heavy atom. The minimum Gasteiger partial charge on any atom is -0.427 e. The van der Waals surface area contributed by atoms with Crippen molar-refractivity contribution in [1.29, 1.82) is 0 Å². The van der Waals surface area contributed by atoms with Crippen molar-refractivity contribution >= 4 is 5.97 Å². The summed E-state index contributed by atoms with van der Waals surface area (Å²) in [6, 6.07) is 6.37. The van der Waals surface area contributed by atoms with Crippen LogP contribution in [0.25, 0.3) is 0 Å². The molecule has 1 aromatic rings. The molecule has 2 aliphatic rings. The second-order valence-electron chi connectivity index (χ2n) is 12.4. The van der Waals surface area contributed by atoms with Gasteiger partial charge in [0.2, 0.25) is 0 Å². The van der Waals surface area contributed by atoms with Crippen LogP contribution in [-0.2, 0) is 4.79 Å². The van der Waals surface area contributed by atoms with Gasteiger partial charge in [0.05, 0.1) is 0 Å². The average Bonchev–Trinajstić information content (AvgIpc) is 2.89.